The molecule has 0 aliphatic heterocycles. The van der Waals surface area contributed by atoms with E-state index >= 15 is 0 Å². The molecule has 96 valence electrons. The molecule has 0 aromatic heterocycles. The topological polar surface area (TPSA) is 43.4 Å². The van der Waals surface area contributed by atoms with Crippen molar-refractivity contribution in [3.63, 3.8) is 0 Å². The molecule has 0 atom stereocenters. The summed E-state index contributed by atoms with van der Waals surface area (Å²) in [6, 6.07) is 7.25. The van der Waals surface area contributed by atoms with Gasteiger partial charge in [0, 0.05) is 12.8 Å². The highest BCUT2D eigenvalue weighted by molar-refractivity contribution is 5.75. The molecule has 1 rings (SSSR count). The molecule has 0 amide bonds. The Morgan fingerprint density at radius 2 is 1.89 bits per heavy atom. The fourth-order valence-corrected chi connectivity index (χ4v) is 1.45. The highest BCUT2D eigenvalue weighted by Crippen LogP contribution is 2.14. The van der Waals surface area contributed by atoms with E-state index < -0.39 is 0 Å². The third kappa shape index (κ3) is 5.43. The van der Waals surface area contributed by atoms with E-state index in [2.05, 4.69) is 6.58 Å². The number of hydrogen-bond acceptors (Lipinski definition) is 3. The summed E-state index contributed by atoms with van der Waals surface area (Å²) in [7, 11) is 0. The summed E-state index contributed by atoms with van der Waals surface area (Å²) in [4.78, 5) is 22.2. The highest BCUT2D eigenvalue weighted by Gasteiger charge is 2.03. The van der Waals surface area contributed by atoms with Gasteiger partial charge in [-0.2, -0.15) is 0 Å². The number of benzene rings is 1. The van der Waals surface area contributed by atoms with Gasteiger partial charge >= 0.3 is 5.97 Å². The van der Waals surface area contributed by atoms with Crippen molar-refractivity contribution in [1.82, 2.24) is 0 Å². The van der Waals surface area contributed by atoms with Crippen LogP contribution in [0.15, 0.2) is 36.9 Å². The van der Waals surface area contributed by atoms with Crippen LogP contribution < -0.4 is 4.74 Å². The van der Waals surface area contributed by atoms with Gasteiger partial charge in [0.15, 0.2) is 0 Å². The SMILES string of the molecule is C=CCCC(=O)Oc1ccc(CCC(C)=O)cc1. The molecule has 3 heteroatoms. The number of esters is 1. The molecule has 0 radical (unpaired) electrons. The Hall–Kier alpha value is -1.90. The van der Waals surface area contributed by atoms with Crippen molar-refractivity contribution < 1.29 is 14.3 Å². The van der Waals surface area contributed by atoms with E-state index in [4.69, 9.17) is 4.74 Å². The van der Waals surface area contributed by atoms with Crippen LogP contribution in [0.1, 0.15) is 31.7 Å². The minimum atomic E-state index is -0.258. The van der Waals surface area contributed by atoms with Crippen molar-refractivity contribution >= 4 is 11.8 Å². The molecule has 18 heavy (non-hydrogen) atoms. The third-order valence-corrected chi connectivity index (χ3v) is 2.47. The van der Waals surface area contributed by atoms with Gasteiger partial charge in [-0.1, -0.05) is 18.2 Å². The second kappa shape index (κ2) is 7.43. The average molecular weight is 246 g/mol. The maximum absolute atomic E-state index is 11.4. The summed E-state index contributed by atoms with van der Waals surface area (Å²) in [6.07, 6.45) is 3.91. The molecule has 0 spiro atoms. The van der Waals surface area contributed by atoms with Gasteiger partial charge in [-0.25, -0.2) is 0 Å². The van der Waals surface area contributed by atoms with Gasteiger partial charge in [0.2, 0.25) is 0 Å². The molecule has 3 nitrogen and oxygen atoms in total. The lowest BCUT2D eigenvalue weighted by Crippen LogP contribution is -2.06. The van der Waals surface area contributed by atoms with Gasteiger partial charge in [-0.15, -0.1) is 6.58 Å². The Morgan fingerprint density at radius 3 is 2.44 bits per heavy atom. The molecule has 1 aromatic carbocycles. The Kier molecular flexibility index (Phi) is 5.85. The number of hydrogen-bond donors (Lipinski definition) is 0. The Balaban J connectivity index is 2.46. The molecule has 0 saturated heterocycles. The molecule has 0 N–H and O–H groups in total. The number of rotatable bonds is 7. The lowest BCUT2D eigenvalue weighted by molar-refractivity contribution is -0.134. The first-order valence-electron chi connectivity index (χ1n) is 6.02. The zero-order valence-electron chi connectivity index (χ0n) is 10.6. The first kappa shape index (κ1) is 14.2. The van der Waals surface area contributed by atoms with Crippen LogP contribution in [0.5, 0.6) is 5.75 Å². The van der Waals surface area contributed by atoms with Crippen LogP contribution in [-0.4, -0.2) is 11.8 Å². The largest absolute Gasteiger partial charge is 0.427 e. The zero-order chi connectivity index (χ0) is 13.4. The van der Waals surface area contributed by atoms with Gasteiger partial charge < -0.3 is 9.53 Å². The van der Waals surface area contributed by atoms with E-state index in [9.17, 15) is 9.59 Å². The van der Waals surface area contributed by atoms with Crippen molar-refractivity contribution in [1.29, 1.82) is 0 Å². The third-order valence-electron chi connectivity index (χ3n) is 2.47. The van der Waals surface area contributed by atoms with E-state index in [1.165, 1.54) is 0 Å². The summed E-state index contributed by atoms with van der Waals surface area (Å²) in [6.45, 7) is 5.13. The minimum Gasteiger partial charge on any atom is -0.427 e. The number of allylic oxidation sites excluding steroid dienone is 1. The molecule has 0 heterocycles. The van der Waals surface area contributed by atoms with Crippen LogP contribution in [0, 0.1) is 0 Å². The predicted octanol–water partition coefficient (Wildman–Crippen LogP) is 3.08. The molecule has 0 unspecified atom stereocenters. The van der Waals surface area contributed by atoms with Gasteiger partial charge in [0.25, 0.3) is 0 Å². The minimum absolute atomic E-state index is 0.176. The summed E-state index contributed by atoms with van der Waals surface area (Å²) in [5.74, 6) is 0.456. The lowest BCUT2D eigenvalue weighted by Gasteiger charge is -2.04. The first-order valence-corrected chi connectivity index (χ1v) is 6.02. The smallest absolute Gasteiger partial charge is 0.311 e. The maximum Gasteiger partial charge on any atom is 0.311 e. The second-order valence-corrected chi connectivity index (χ2v) is 4.15. The molecule has 0 fully saturated rings. The fraction of sp³-hybridized carbons (Fsp3) is 0.333. The Labute approximate surface area is 107 Å². The van der Waals surface area contributed by atoms with Gasteiger partial charge in [-0.05, 0) is 37.5 Å². The zero-order valence-corrected chi connectivity index (χ0v) is 10.6. The summed E-state index contributed by atoms with van der Waals surface area (Å²) in [5, 5.41) is 0. The fourth-order valence-electron chi connectivity index (χ4n) is 1.45. The number of ketones is 1. The first-order chi connectivity index (χ1) is 8.61. The molecule has 0 aliphatic rings. The molecule has 0 saturated carbocycles. The highest BCUT2D eigenvalue weighted by atomic mass is 16.5. The van der Waals surface area contributed by atoms with E-state index in [0.29, 0.717) is 25.0 Å². The molecule has 1 aromatic rings. The van der Waals surface area contributed by atoms with Crippen molar-refractivity contribution in [2.75, 3.05) is 0 Å². The van der Waals surface area contributed by atoms with Crippen LogP contribution in [0.25, 0.3) is 0 Å². The number of carbonyl (C=O) groups excluding carboxylic acids is 2. The Morgan fingerprint density at radius 1 is 1.22 bits per heavy atom. The molecule has 0 bridgehead atoms. The van der Waals surface area contributed by atoms with Crippen LogP contribution in [0.2, 0.25) is 0 Å². The summed E-state index contributed by atoms with van der Waals surface area (Å²) >= 11 is 0. The molecule has 0 aliphatic carbocycles. The van der Waals surface area contributed by atoms with Crippen molar-refractivity contribution in [3.8, 4) is 5.75 Å². The standard InChI is InChI=1S/C15H18O3/c1-3-4-5-15(17)18-14-10-8-13(9-11-14)7-6-12(2)16/h3,8-11H,1,4-7H2,2H3. The maximum atomic E-state index is 11.4. The number of Topliss-reactive ketones (excluding diaryl/α,β-unsaturated/α-hetero) is 1. The van der Waals surface area contributed by atoms with Crippen molar-refractivity contribution in [3.05, 3.63) is 42.5 Å². The number of carbonyl (C=O) groups is 2. The van der Waals surface area contributed by atoms with Crippen molar-refractivity contribution in [2.24, 2.45) is 0 Å². The number of ether oxygens (including phenoxy) is 1. The van der Waals surface area contributed by atoms with Gasteiger partial charge in [0.05, 0.1) is 0 Å². The lowest BCUT2D eigenvalue weighted by atomic mass is 10.1. The van der Waals surface area contributed by atoms with Gasteiger partial charge in [-0.3, -0.25) is 4.79 Å². The van der Waals surface area contributed by atoms with E-state index in [1.807, 2.05) is 12.1 Å². The monoisotopic (exact) mass is 246 g/mol. The predicted molar refractivity (Wildman–Crippen MR) is 70.5 cm³/mol. The Bertz CT molecular complexity index is 418. The van der Waals surface area contributed by atoms with E-state index in [-0.39, 0.29) is 11.8 Å². The molecular weight excluding hydrogens is 228 g/mol. The number of aryl methyl sites for hydroxylation is 1. The second-order valence-electron chi connectivity index (χ2n) is 4.15. The van der Waals surface area contributed by atoms with Crippen LogP contribution in [-0.2, 0) is 16.0 Å². The van der Waals surface area contributed by atoms with Crippen molar-refractivity contribution in [2.45, 2.75) is 32.6 Å². The quantitative estimate of drug-likeness (QED) is 0.422. The van der Waals surface area contributed by atoms with Crippen LogP contribution in [0.3, 0.4) is 0 Å². The molecular formula is C15H18O3. The van der Waals surface area contributed by atoms with E-state index in [1.54, 1.807) is 25.1 Å². The van der Waals surface area contributed by atoms with Gasteiger partial charge in [0.1, 0.15) is 11.5 Å². The van der Waals surface area contributed by atoms with E-state index in [0.717, 1.165) is 12.0 Å². The van der Waals surface area contributed by atoms with Crippen LogP contribution in [0.4, 0.5) is 0 Å². The summed E-state index contributed by atoms with van der Waals surface area (Å²) in [5.41, 5.74) is 1.07. The summed E-state index contributed by atoms with van der Waals surface area (Å²) < 4.78 is 5.14. The van der Waals surface area contributed by atoms with Crippen LogP contribution >= 0.6 is 0 Å². The normalized spacial score (nSPS) is 9.83. The average Bonchev–Trinajstić information content (AvgIpc) is 2.35.